The Labute approximate surface area is 166 Å². The molecule has 3 aromatic rings. The monoisotopic (exact) mass is 434 g/mol. The number of halogens is 2. The second-order valence-corrected chi connectivity index (χ2v) is 9.38. The summed E-state index contributed by atoms with van der Waals surface area (Å²) in [6, 6.07) is 16.7. The second-order valence-electron chi connectivity index (χ2n) is 6.37. The van der Waals surface area contributed by atoms with Gasteiger partial charge in [0.1, 0.15) is 0 Å². The second kappa shape index (κ2) is 8.43. The molecule has 25 heavy (non-hydrogen) atoms. The number of rotatable bonds is 7. The molecule has 0 radical (unpaired) electrons. The van der Waals surface area contributed by atoms with Crippen LogP contribution in [-0.2, 0) is 13.0 Å². The standard InChI is InChI=1S/C20H20BrClN2S/c1-20(14-24-12-11-23-15-24,25-19-4-2-3-18(22)13-19)10-9-16-5-7-17(21)8-6-16/h2-8,11-13,15H,9-10,14H2,1H3. The van der Waals surface area contributed by atoms with E-state index in [9.17, 15) is 0 Å². The largest absolute Gasteiger partial charge is 0.336 e. The fourth-order valence-electron chi connectivity index (χ4n) is 2.80. The van der Waals surface area contributed by atoms with Crippen molar-refractivity contribution < 1.29 is 0 Å². The van der Waals surface area contributed by atoms with E-state index in [2.05, 4.69) is 62.7 Å². The molecule has 1 heterocycles. The number of aromatic nitrogens is 2. The first-order chi connectivity index (χ1) is 12.0. The van der Waals surface area contributed by atoms with Gasteiger partial charge in [-0.3, -0.25) is 0 Å². The Morgan fingerprint density at radius 2 is 2.00 bits per heavy atom. The van der Waals surface area contributed by atoms with E-state index in [0.29, 0.717) is 0 Å². The Morgan fingerprint density at radius 1 is 1.20 bits per heavy atom. The highest BCUT2D eigenvalue weighted by atomic mass is 79.9. The van der Waals surface area contributed by atoms with Crippen LogP contribution in [0.5, 0.6) is 0 Å². The molecule has 0 fully saturated rings. The third kappa shape index (κ3) is 5.63. The van der Waals surface area contributed by atoms with Crippen LogP contribution in [0.2, 0.25) is 5.02 Å². The van der Waals surface area contributed by atoms with Crippen molar-refractivity contribution >= 4 is 39.3 Å². The van der Waals surface area contributed by atoms with Gasteiger partial charge in [-0.2, -0.15) is 0 Å². The number of imidazole rings is 1. The molecule has 0 aliphatic rings. The molecule has 1 atom stereocenters. The average Bonchev–Trinajstić information content (AvgIpc) is 3.07. The van der Waals surface area contributed by atoms with Crippen LogP contribution in [0, 0.1) is 0 Å². The van der Waals surface area contributed by atoms with Crippen LogP contribution in [0.25, 0.3) is 0 Å². The van der Waals surface area contributed by atoms with E-state index in [-0.39, 0.29) is 4.75 Å². The molecule has 3 rings (SSSR count). The molecule has 0 aliphatic carbocycles. The maximum atomic E-state index is 6.17. The predicted octanol–water partition coefficient (Wildman–Crippen LogP) is 6.48. The van der Waals surface area contributed by atoms with Crippen LogP contribution in [0.4, 0.5) is 0 Å². The number of thioether (sulfide) groups is 1. The van der Waals surface area contributed by atoms with Crippen LogP contribution >= 0.6 is 39.3 Å². The molecule has 0 spiro atoms. The average molecular weight is 436 g/mol. The molecule has 0 saturated carbocycles. The van der Waals surface area contributed by atoms with Crippen LogP contribution < -0.4 is 0 Å². The quantitative estimate of drug-likeness (QED) is 0.395. The number of hydrogen-bond donors (Lipinski definition) is 0. The molecule has 2 nitrogen and oxygen atoms in total. The topological polar surface area (TPSA) is 17.8 Å². The molecule has 1 aromatic heterocycles. The number of hydrogen-bond acceptors (Lipinski definition) is 2. The van der Waals surface area contributed by atoms with Crippen LogP contribution in [0.15, 0.2) is 76.6 Å². The highest BCUT2D eigenvalue weighted by molar-refractivity contribution is 9.10. The molecule has 130 valence electrons. The normalized spacial score (nSPS) is 13.6. The molecule has 0 bridgehead atoms. The molecular formula is C20H20BrClN2S. The lowest BCUT2D eigenvalue weighted by Crippen LogP contribution is -2.27. The summed E-state index contributed by atoms with van der Waals surface area (Å²) in [4.78, 5) is 5.38. The molecule has 1 unspecified atom stereocenters. The van der Waals surface area contributed by atoms with Crippen LogP contribution in [0.3, 0.4) is 0 Å². The predicted molar refractivity (Wildman–Crippen MR) is 110 cm³/mol. The van der Waals surface area contributed by atoms with Gasteiger partial charge in [-0.15, -0.1) is 11.8 Å². The van der Waals surface area contributed by atoms with Crippen LogP contribution in [0.1, 0.15) is 18.9 Å². The van der Waals surface area contributed by atoms with Gasteiger partial charge in [-0.25, -0.2) is 4.98 Å². The first kappa shape index (κ1) is 18.6. The van der Waals surface area contributed by atoms with E-state index >= 15 is 0 Å². The van der Waals surface area contributed by atoms with E-state index in [1.807, 2.05) is 48.7 Å². The maximum Gasteiger partial charge on any atom is 0.0946 e. The van der Waals surface area contributed by atoms with Gasteiger partial charge < -0.3 is 4.57 Å². The number of aryl methyl sites for hydroxylation is 1. The third-order valence-corrected chi connectivity index (χ3v) is 6.17. The van der Waals surface area contributed by atoms with E-state index < -0.39 is 0 Å². The minimum absolute atomic E-state index is 0.0401. The van der Waals surface area contributed by atoms with Gasteiger partial charge in [0.2, 0.25) is 0 Å². The van der Waals surface area contributed by atoms with E-state index in [4.69, 9.17) is 11.6 Å². The zero-order valence-corrected chi connectivity index (χ0v) is 17.2. The minimum atomic E-state index is 0.0401. The van der Waals surface area contributed by atoms with E-state index in [1.54, 1.807) is 0 Å². The van der Waals surface area contributed by atoms with Crippen molar-refractivity contribution in [1.29, 1.82) is 0 Å². The zero-order valence-electron chi connectivity index (χ0n) is 14.0. The summed E-state index contributed by atoms with van der Waals surface area (Å²) in [5.41, 5.74) is 1.35. The summed E-state index contributed by atoms with van der Waals surface area (Å²) in [5, 5.41) is 0.780. The lowest BCUT2D eigenvalue weighted by Gasteiger charge is -2.30. The van der Waals surface area contributed by atoms with Crippen molar-refractivity contribution in [3.8, 4) is 0 Å². The summed E-state index contributed by atoms with van der Waals surface area (Å²) in [6.07, 6.45) is 7.84. The summed E-state index contributed by atoms with van der Waals surface area (Å²) in [5.74, 6) is 0. The van der Waals surface area contributed by atoms with Crippen LogP contribution in [-0.4, -0.2) is 14.3 Å². The van der Waals surface area contributed by atoms with Crippen molar-refractivity contribution in [1.82, 2.24) is 9.55 Å². The molecule has 0 amide bonds. The molecular weight excluding hydrogens is 416 g/mol. The highest BCUT2D eigenvalue weighted by Gasteiger charge is 2.26. The maximum absolute atomic E-state index is 6.17. The van der Waals surface area contributed by atoms with Gasteiger partial charge in [0.15, 0.2) is 0 Å². The van der Waals surface area contributed by atoms with Crippen molar-refractivity contribution in [2.75, 3.05) is 0 Å². The number of benzene rings is 2. The Hall–Kier alpha value is -1.23. The van der Waals surface area contributed by atoms with Crippen molar-refractivity contribution in [3.63, 3.8) is 0 Å². The smallest absolute Gasteiger partial charge is 0.0946 e. The van der Waals surface area contributed by atoms with Crippen molar-refractivity contribution in [2.45, 2.75) is 36.0 Å². The van der Waals surface area contributed by atoms with E-state index in [0.717, 1.165) is 28.9 Å². The number of nitrogens with zero attached hydrogens (tertiary/aromatic N) is 2. The highest BCUT2D eigenvalue weighted by Crippen LogP contribution is 2.38. The first-order valence-electron chi connectivity index (χ1n) is 8.17. The van der Waals surface area contributed by atoms with E-state index in [1.165, 1.54) is 10.5 Å². The fraction of sp³-hybridized carbons (Fsp3) is 0.250. The van der Waals surface area contributed by atoms with Gasteiger partial charge in [0.25, 0.3) is 0 Å². The lowest BCUT2D eigenvalue weighted by molar-refractivity contribution is 0.495. The summed E-state index contributed by atoms with van der Waals surface area (Å²) in [7, 11) is 0. The summed E-state index contributed by atoms with van der Waals surface area (Å²) in [6.45, 7) is 3.22. The SMILES string of the molecule is CC(CCc1ccc(Br)cc1)(Cn1ccnc1)Sc1cccc(Cl)c1. The Balaban J connectivity index is 1.76. The third-order valence-electron chi connectivity index (χ3n) is 4.09. The van der Waals surface area contributed by atoms with Crippen molar-refractivity contribution in [3.05, 3.63) is 82.3 Å². The molecule has 2 aromatic carbocycles. The molecule has 0 aliphatic heterocycles. The van der Waals surface area contributed by atoms with Gasteiger partial charge in [-0.1, -0.05) is 45.7 Å². The Morgan fingerprint density at radius 3 is 2.68 bits per heavy atom. The lowest BCUT2D eigenvalue weighted by atomic mass is 10.00. The van der Waals surface area contributed by atoms with Gasteiger partial charge >= 0.3 is 0 Å². The van der Waals surface area contributed by atoms with Gasteiger partial charge in [0.05, 0.1) is 6.33 Å². The summed E-state index contributed by atoms with van der Waals surface area (Å²) >= 11 is 11.6. The zero-order chi connectivity index (χ0) is 17.7. The van der Waals surface area contributed by atoms with Crippen molar-refractivity contribution in [2.24, 2.45) is 0 Å². The molecule has 5 heteroatoms. The minimum Gasteiger partial charge on any atom is -0.336 e. The Bertz CT molecular complexity index is 805. The van der Waals surface area contributed by atoms with Gasteiger partial charge in [0, 0.05) is 38.1 Å². The van der Waals surface area contributed by atoms with Gasteiger partial charge in [-0.05, 0) is 55.7 Å². The molecule has 0 N–H and O–H groups in total. The Kier molecular flexibility index (Phi) is 6.26. The first-order valence-corrected chi connectivity index (χ1v) is 10.2. The fourth-order valence-corrected chi connectivity index (χ4v) is 4.64. The summed E-state index contributed by atoms with van der Waals surface area (Å²) < 4.78 is 3.31. The molecule has 0 saturated heterocycles.